The van der Waals surface area contributed by atoms with Gasteiger partial charge in [0.2, 0.25) is 0 Å². The molecule has 0 saturated heterocycles. The minimum Gasteiger partial charge on any atom is -0.385 e. The Hall–Kier alpha value is -1.88. The van der Waals surface area contributed by atoms with Crippen LogP contribution < -0.4 is 11.1 Å². The van der Waals surface area contributed by atoms with Gasteiger partial charge in [-0.05, 0) is 42.6 Å². The van der Waals surface area contributed by atoms with E-state index >= 15 is 0 Å². The third-order valence-corrected chi connectivity index (χ3v) is 3.67. The highest BCUT2D eigenvalue weighted by atomic mass is 15.2. The van der Waals surface area contributed by atoms with Crippen LogP contribution in [0.4, 0.5) is 5.69 Å². The second kappa shape index (κ2) is 6.52. The van der Waals surface area contributed by atoms with E-state index in [1.807, 2.05) is 11.6 Å². The van der Waals surface area contributed by atoms with Gasteiger partial charge in [0.1, 0.15) is 6.33 Å². The van der Waals surface area contributed by atoms with Gasteiger partial charge in [-0.15, -0.1) is 10.2 Å². The fraction of sp³-hybridized carbons (Fsp3) is 0.467. The molecule has 1 aromatic heterocycles. The number of rotatable bonds is 6. The van der Waals surface area contributed by atoms with Gasteiger partial charge in [0, 0.05) is 24.8 Å². The van der Waals surface area contributed by atoms with E-state index in [1.54, 1.807) is 6.33 Å². The second-order valence-electron chi connectivity index (χ2n) is 5.46. The summed E-state index contributed by atoms with van der Waals surface area (Å²) in [7, 11) is 1.94. The molecule has 2 rings (SSSR count). The summed E-state index contributed by atoms with van der Waals surface area (Å²) >= 11 is 0. The first-order valence-electron chi connectivity index (χ1n) is 7.00. The summed E-state index contributed by atoms with van der Waals surface area (Å²) in [5.74, 6) is 1.96. The molecule has 108 valence electrons. The maximum atomic E-state index is 5.78. The lowest BCUT2D eigenvalue weighted by Crippen LogP contribution is -2.27. The molecule has 0 aliphatic carbocycles. The van der Waals surface area contributed by atoms with Crippen molar-refractivity contribution in [1.29, 1.82) is 0 Å². The highest BCUT2D eigenvalue weighted by molar-refractivity contribution is 5.59. The first kappa shape index (κ1) is 14.5. The van der Waals surface area contributed by atoms with E-state index in [1.165, 1.54) is 0 Å². The molecular formula is C15H23N5. The minimum absolute atomic E-state index is 0.494. The molecule has 1 heterocycles. The summed E-state index contributed by atoms with van der Waals surface area (Å²) in [5.41, 5.74) is 7.96. The maximum Gasteiger partial charge on any atom is 0.163 e. The van der Waals surface area contributed by atoms with Crippen LogP contribution in [0.2, 0.25) is 0 Å². The molecule has 2 aromatic rings. The predicted octanol–water partition coefficient (Wildman–Crippen LogP) is 2.12. The molecule has 0 amide bonds. The standard InChI is InChI=1S/C15H23N5/c1-11(2)13(8-16)9-17-14-6-4-12(5-7-14)15-19-18-10-20(15)3/h4-7,10-11,13,17H,8-9,16H2,1-3H3. The Morgan fingerprint density at radius 3 is 2.45 bits per heavy atom. The smallest absolute Gasteiger partial charge is 0.163 e. The molecule has 20 heavy (non-hydrogen) atoms. The molecule has 0 spiro atoms. The lowest BCUT2D eigenvalue weighted by molar-refractivity contribution is 0.413. The van der Waals surface area contributed by atoms with Gasteiger partial charge in [0.25, 0.3) is 0 Å². The zero-order chi connectivity index (χ0) is 14.5. The second-order valence-corrected chi connectivity index (χ2v) is 5.46. The van der Waals surface area contributed by atoms with Gasteiger partial charge in [-0.1, -0.05) is 13.8 Å². The van der Waals surface area contributed by atoms with Gasteiger partial charge >= 0.3 is 0 Å². The molecule has 1 aromatic carbocycles. The van der Waals surface area contributed by atoms with Gasteiger partial charge in [-0.25, -0.2) is 0 Å². The van der Waals surface area contributed by atoms with E-state index < -0.39 is 0 Å². The molecule has 0 aliphatic rings. The van der Waals surface area contributed by atoms with Crippen LogP contribution >= 0.6 is 0 Å². The quantitative estimate of drug-likeness (QED) is 0.846. The number of anilines is 1. The van der Waals surface area contributed by atoms with Gasteiger partial charge in [0.15, 0.2) is 5.82 Å². The van der Waals surface area contributed by atoms with Gasteiger partial charge in [0.05, 0.1) is 0 Å². The Labute approximate surface area is 120 Å². The number of nitrogens with zero attached hydrogens (tertiary/aromatic N) is 3. The largest absolute Gasteiger partial charge is 0.385 e. The lowest BCUT2D eigenvalue weighted by atomic mass is 9.96. The number of aryl methyl sites for hydroxylation is 1. The zero-order valence-corrected chi connectivity index (χ0v) is 12.4. The van der Waals surface area contributed by atoms with Crippen LogP contribution in [-0.4, -0.2) is 27.9 Å². The van der Waals surface area contributed by atoms with Gasteiger partial charge < -0.3 is 15.6 Å². The van der Waals surface area contributed by atoms with E-state index in [0.29, 0.717) is 18.4 Å². The van der Waals surface area contributed by atoms with Crippen LogP contribution in [0.1, 0.15) is 13.8 Å². The Balaban J connectivity index is 2.00. The maximum absolute atomic E-state index is 5.78. The fourth-order valence-corrected chi connectivity index (χ4v) is 2.12. The molecular weight excluding hydrogens is 250 g/mol. The van der Waals surface area contributed by atoms with Crippen molar-refractivity contribution in [3.05, 3.63) is 30.6 Å². The molecule has 0 radical (unpaired) electrons. The monoisotopic (exact) mass is 273 g/mol. The number of hydrogen-bond donors (Lipinski definition) is 2. The summed E-state index contributed by atoms with van der Waals surface area (Å²) in [6.45, 7) is 6.02. The summed E-state index contributed by atoms with van der Waals surface area (Å²) in [6.07, 6.45) is 1.70. The third kappa shape index (κ3) is 3.36. The number of aromatic nitrogens is 3. The minimum atomic E-state index is 0.494. The molecule has 0 fully saturated rings. The van der Waals surface area contributed by atoms with Crippen molar-refractivity contribution in [1.82, 2.24) is 14.8 Å². The van der Waals surface area contributed by atoms with Crippen molar-refractivity contribution in [2.75, 3.05) is 18.4 Å². The van der Waals surface area contributed by atoms with Crippen molar-refractivity contribution in [2.24, 2.45) is 24.6 Å². The van der Waals surface area contributed by atoms with Crippen molar-refractivity contribution < 1.29 is 0 Å². The molecule has 0 saturated carbocycles. The summed E-state index contributed by atoms with van der Waals surface area (Å²) in [6, 6.07) is 8.24. The first-order valence-corrected chi connectivity index (χ1v) is 7.00. The average Bonchev–Trinajstić information content (AvgIpc) is 2.86. The average molecular weight is 273 g/mol. The Morgan fingerprint density at radius 2 is 1.95 bits per heavy atom. The van der Waals surface area contributed by atoms with Crippen LogP contribution in [0, 0.1) is 11.8 Å². The van der Waals surface area contributed by atoms with E-state index in [9.17, 15) is 0 Å². The number of hydrogen-bond acceptors (Lipinski definition) is 4. The van der Waals surface area contributed by atoms with Gasteiger partial charge in [-0.3, -0.25) is 0 Å². The van der Waals surface area contributed by atoms with Crippen LogP contribution in [-0.2, 0) is 7.05 Å². The molecule has 1 unspecified atom stereocenters. The van der Waals surface area contributed by atoms with Crippen molar-refractivity contribution in [2.45, 2.75) is 13.8 Å². The molecule has 3 N–H and O–H groups in total. The van der Waals surface area contributed by atoms with Crippen molar-refractivity contribution in [3.8, 4) is 11.4 Å². The van der Waals surface area contributed by atoms with E-state index in [-0.39, 0.29) is 0 Å². The molecule has 0 bridgehead atoms. The Bertz CT molecular complexity index is 529. The van der Waals surface area contributed by atoms with E-state index in [2.05, 4.69) is 53.6 Å². The first-order chi connectivity index (χ1) is 9.61. The highest BCUT2D eigenvalue weighted by Crippen LogP contribution is 2.19. The summed E-state index contributed by atoms with van der Waals surface area (Å²) < 4.78 is 1.91. The number of nitrogens with one attached hydrogen (secondary N) is 1. The summed E-state index contributed by atoms with van der Waals surface area (Å²) in [4.78, 5) is 0. The lowest BCUT2D eigenvalue weighted by Gasteiger charge is -2.20. The van der Waals surface area contributed by atoms with Crippen LogP contribution in [0.5, 0.6) is 0 Å². The van der Waals surface area contributed by atoms with E-state index in [0.717, 1.165) is 23.6 Å². The van der Waals surface area contributed by atoms with Crippen molar-refractivity contribution >= 4 is 5.69 Å². The number of benzene rings is 1. The fourth-order valence-electron chi connectivity index (χ4n) is 2.12. The number of nitrogens with two attached hydrogens (primary N) is 1. The van der Waals surface area contributed by atoms with Crippen LogP contribution in [0.25, 0.3) is 11.4 Å². The Kier molecular flexibility index (Phi) is 4.74. The highest BCUT2D eigenvalue weighted by Gasteiger charge is 2.11. The molecule has 5 heteroatoms. The normalized spacial score (nSPS) is 12.7. The van der Waals surface area contributed by atoms with Crippen molar-refractivity contribution in [3.63, 3.8) is 0 Å². The molecule has 1 atom stereocenters. The zero-order valence-electron chi connectivity index (χ0n) is 12.4. The molecule has 5 nitrogen and oxygen atoms in total. The molecule has 0 aliphatic heterocycles. The summed E-state index contributed by atoms with van der Waals surface area (Å²) in [5, 5.41) is 11.4. The van der Waals surface area contributed by atoms with Crippen LogP contribution in [0.15, 0.2) is 30.6 Å². The Morgan fingerprint density at radius 1 is 1.25 bits per heavy atom. The predicted molar refractivity (Wildman–Crippen MR) is 82.3 cm³/mol. The van der Waals surface area contributed by atoms with Crippen LogP contribution in [0.3, 0.4) is 0 Å². The van der Waals surface area contributed by atoms with E-state index in [4.69, 9.17) is 5.73 Å². The third-order valence-electron chi connectivity index (χ3n) is 3.67. The van der Waals surface area contributed by atoms with Gasteiger partial charge in [-0.2, -0.15) is 0 Å². The SMILES string of the molecule is CC(C)C(CN)CNc1ccc(-c2nncn2C)cc1. The topological polar surface area (TPSA) is 68.8 Å².